The Bertz CT molecular complexity index is 389. The average Bonchev–Trinajstić information content (AvgIpc) is 2.28. The summed E-state index contributed by atoms with van der Waals surface area (Å²) in [6, 6.07) is 1.92. The minimum atomic E-state index is -0.0794. The molecule has 0 saturated heterocycles. The molecule has 0 spiro atoms. The number of amides is 1. The highest BCUT2D eigenvalue weighted by Gasteiger charge is 2.16. The monoisotopic (exact) mass is 205 g/mol. The predicted molar refractivity (Wildman–Crippen MR) is 59.2 cm³/mol. The lowest BCUT2D eigenvalue weighted by molar-refractivity contribution is 0.0962. The molecule has 0 radical (unpaired) electrons. The maximum absolute atomic E-state index is 11.4. The molecule has 2 heterocycles. The van der Waals surface area contributed by atoms with Crippen LogP contribution < -0.4 is 10.2 Å². The summed E-state index contributed by atoms with van der Waals surface area (Å²) < 4.78 is 0. The lowest BCUT2D eigenvalue weighted by atomic mass is 10.1. The number of nitrogens with one attached hydrogen (secondary N) is 1. The van der Waals surface area contributed by atoms with Crippen molar-refractivity contribution in [2.75, 3.05) is 25.5 Å². The van der Waals surface area contributed by atoms with Gasteiger partial charge in [-0.2, -0.15) is 0 Å². The SMILES string of the molecule is CNC(=O)c1cnc2c(c1)N(C)CCC2. The minimum absolute atomic E-state index is 0.0794. The smallest absolute Gasteiger partial charge is 0.252 e. The summed E-state index contributed by atoms with van der Waals surface area (Å²) in [6.45, 7) is 1.03. The van der Waals surface area contributed by atoms with Gasteiger partial charge in [0.25, 0.3) is 5.91 Å². The van der Waals surface area contributed by atoms with Crippen LogP contribution in [0.5, 0.6) is 0 Å². The summed E-state index contributed by atoms with van der Waals surface area (Å²) >= 11 is 0. The maximum atomic E-state index is 11.4. The molecule has 1 amide bonds. The van der Waals surface area contributed by atoms with E-state index in [-0.39, 0.29) is 5.91 Å². The zero-order chi connectivity index (χ0) is 10.8. The lowest BCUT2D eigenvalue weighted by Crippen LogP contribution is -2.26. The highest BCUT2D eigenvalue weighted by molar-refractivity contribution is 5.94. The molecule has 2 rings (SSSR count). The summed E-state index contributed by atoms with van der Waals surface area (Å²) in [5.74, 6) is -0.0794. The first-order valence-electron chi connectivity index (χ1n) is 5.14. The van der Waals surface area contributed by atoms with Crippen molar-refractivity contribution in [3.63, 3.8) is 0 Å². The number of carbonyl (C=O) groups is 1. The van der Waals surface area contributed by atoms with E-state index in [1.54, 1.807) is 13.2 Å². The number of rotatable bonds is 1. The molecule has 0 bridgehead atoms. The highest BCUT2D eigenvalue weighted by Crippen LogP contribution is 2.24. The summed E-state index contributed by atoms with van der Waals surface area (Å²) in [6.07, 6.45) is 3.79. The Balaban J connectivity index is 2.39. The van der Waals surface area contributed by atoms with Crippen LogP contribution in [-0.2, 0) is 6.42 Å². The average molecular weight is 205 g/mol. The molecule has 4 nitrogen and oxygen atoms in total. The highest BCUT2D eigenvalue weighted by atomic mass is 16.1. The zero-order valence-corrected chi connectivity index (χ0v) is 9.08. The van der Waals surface area contributed by atoms with Crippen LogP contribution >= 0.6 is 0 Å². The fourth-order valence-corrected chi connectivity index (χ4v) is 1.88. The fraction of sp³-hybridized carbons (Fsp3) is 0.455. The largest absolute Gasteiger partial charge is 0.373 e. The number of carbonyl (C=O) groups excluding carboxylic acids is 1. The van der Waals surface area contributed by atoms with Gasteiger partial charge in [0, 0.05) is 26.8 Å². The topological polar surface area (TPSA) is 45.2 Å². The van der Waals surface area contributed by atoms with Gasteiger partial charge in [-0.05, 0) is 18.9 Å². The third-order valence-electron chi connectivity index (χ3n) is 2.75. The molecular weight excluding hydrogens is 190 g/mol. The van der Waals surface area contributed by atoms with Gasteiger partial charge in [-0.25, -0.2) is 0 Å². The van der Waals surface area contributed by atoms with Gasteiger partial charge in [0.2, 0.25) is 0 Å². The summed E-state index contributed by atoms with van der Waals surface area (Å²) in [5.41, 5.74) is 2.81. The number of hydrogen-bond acceptors (Lipinski definition) is 3. The van der Waals surface area contributed by atoms with Gasteiger partial charge >= 0.3 is 0 Å². The molecule has 0 aliphatic carbocycles. The van der Waals surface area contributed by atoms with Crippen LogP contribution in [-0.4, -0.2) is 31.5 Å². The Labute approximate surface area is 89.3 Å². The van der Waals surface area contributed by atoms with Gasteiger partial charge in [-0.1, -0.05) is 0 Å². The van der Waals surface area contributed by atoms with Crippen LogP contribution in [0.3, 0.4) is 0 Å². The minimum Gasteiger partial charge on any atom is -0.373 e. The van der Waals surface area contributed by atoms with Crippen LogP contribution in [0.2, 0.25) is 0 Å². The number of aryl methyl sites for hydroxylation is 1. The zero-order valence-electron chi connectivity index (χ0n) is 9.08. The van der Waals surface area contributed by atoms with Gasteiger partial charge in [0.15, 0.2) is 0 Å². The van der Waals surface area contributed by atoms with Crippen LogP contribution in [0.4, 0.5) is 5.69 Å². The van der Waals surface area contributed by atoms with Gasteiger partial charge in [-0.15, -0.1) is 0 Å². The standard InChI is InChI=1S/C11H15N3O/c1-12-11(15)8-6-10-9(13-7-8)4-3-5-14(10)2/h6-7H,3-5H2,1-2H3,(H,12,15). The van der Waals surface area contributed by atoms with Gasteiger partial charge in [0.1, 0.15) is 0 Å². The molecule has 0 aromatic carbocycles. The van der Waals surface area contributed by atoms with E-state index in [1.807, 2.05) is 13.1 Å². The van der Waals surface area contributed by atoms with E-state index < -0.39 is 0 Å². The molecule has 80 valence electrons. The summed E-state index contributed by atoms with van der Waals surface area (Å²) in [4.78, 5) is 17.9. The molecule has 15 heavy (non-hydrogen) atoms. The van der Waals surface area contributed by atoms with Crippen molar-refractivity contribution in [2.24, 2.45) is 0 Å². The molecule has 4 heteroatoms. The van der Waals surface area contributed by atoms with Crippen molar-refractivity contribution in [3.8, 4) is 0 Å². The second kappa shape index (κ2) is 3.88. The Hall–Kier alpha value is -1.58. The number of pyridine rings is 1. The second-order valence-electron chi connectivity index (χ2n) is 3.79. The first-order valence-corrected chi connectivity index (χ1v) is 5.14. The Morgan fingerprint density at radius 1 is 1.60 bits per heavy atom. The van der Waals surface area contributed by atoms with Gasteiger partial charge in [-0.3, -0.25) is 9.78 Å². The molecule has 0 saturated carbocycles. The molecule has 0 fully saturated rings. The van der Waals surface area contributed by atoms with E-state index in [0.717, 1.165) is 30.8 Å². The Morgan fingerprint density at radius 2 is 2.40 bits per heavy atom. The number of aromatic nitrogens is 1. The van der Waals surface area contributed by atoms with Crippen molar-refractivity contribution in [1.29, 1.82) is 0 Å². The Kier molecular flexibility index (Phi) is 2.58. The van der Waals surface area contributed by atoms with E-state index >= 15 is 0 Å². The summed E-state index contributed by atoms with van der Waals surface area (Å²) in [7, 11) is 3.67. The van der Waals surface area contributed by atoms with E-state index in [2.05, 4.69) is 15.2 Å². The third kappa shape index (κ3) is 1.79. The van der Waals surface area contributed by atoms with Crippen LogP contribution in [0, 0.1) is 0 Å². The van der Waals surface area contributed by atoms with Crippen molar-refractivity contribution < 1.29 is 4.79 Å². The van der Waals surface area contributed by atoms with Crippen molar-refractivity contribution in [2.45, 2.75) is 12.8 Å². The summed E-state index contributed by atoms with van der Waals surface area (Å²) in [5, 5.41) is 2.61. The van der Waals surface area contributed by atoms with E-state index in [4.69, 9.17) is 0 Å². The van der Waals surface area contributed by atoms with Crippen molar-refractivity contribution in [1.82, 2.24) is 10.3 Å². The van der Waals surface area contributed by atoms with Gasteiger partial charge < -0.3 is 10.2 Å². The number of fused-ring (bicyclic) bond motifs is 1. The predicted octanol–water partition coefficient (Wildman–Crippen LogP) is 0.824. The number of hydrogen-bond donors (Lipinski definition) is 1. The molecule has 1 aromatic heterocycles. The van der Waals surface area contributed by atoms with E-state index in [9.17, 15) is 4.79 Å². The molecular formula is C11H15N3O. The van der Waals surface area contributed by atoms with Crippen molar-refractivity contribution in [3.05, 3.63) is 23.5 Å². The fourth-order valence-electron chi connectivity index (χ4n) is 1.88. The normalized spacial score (nSPS) is 14.7. The first kappa shape index (κ1) is 9.96. The van der Waals surface area contributed by atoms with Crippen molar-refractivity contribution >= 4 is 11.6 Å². The van der Waals surface area contributed by atoms with Crippen LogP contribution in [0.15, 0.2) is 12.3 Å². The first-order chi connectivity index (χ1) is 7.22. The van der Waals surface area contributed by atoms with Crippen LogP contribution in [0.1, 0.15) is 22.5 Å². The third-order valence-corrected chi connectivity index (χ3v) is 2.75. The van der Waals surface area contributed by atoms with E-state index in [0.29, 0.717) is 5.56 Å². The lowest BCUT2D eigenvalue weighted by Gasteiger charge is -2.26. The maximum Gasteiger partial charge on any atom is 0.252 e. The molecule has 1 aliphatic heterocycles. The number of nitrogens with zero attached hydrogens (tertiary/aromatic N) is 2. The van der Waals surface area contributed by atoms with Crippen LogP contribution in [0.25, 0.3) is 0 Å². The number of anilines is 1. The molecule has 1 aliphatic rings. The molecule has 0 atom stereocenters. The Morgan fingerprint density at radius 3 is 3.13 bits per heavy atom. The van der Waals surface area contributed by atoms with Gasteiger partial charge in [0.05, 0.1) is 16.9 Å². The molecule has 0 unspecified atom stereocenters. The molecule has 1 aromatic rings. The quantitative estimate of drug-likeness (QED) is 0.738. The molecule has 1 N–H and O–H groups in total. The second-order valence-corrected chi connectivity index (χ2v) is 3.79. The van der Waals surface area contributed by atoms with E-state index in [1.165, 1.54) is 0 Å².